The van der Waals surface area contributed by atoms with Crippen LogP contribution in [0.5, 0.6) is 11.5 Å². The molecule has 0 aliphatic carbocycles. The quantitative estimate of drug-likeness (QED) is 0.166. The molecule has 3 heterocycles. The fourth-order valence-electron chi connectivity index (χ4n) is 10.2. The second-order valence-corrected chi connectivity index (χ2v) is 26.4. The first-order valence-corrected chi connectivity index (χ1v) is 25.8. The zero-order chi connectivity index (χ0) is 51.4. The number of nitrogens with zero attached hydrogens (tertiary/aromatic N) is 4. The third-order valence-electron chi connectivity index (χ3n) is 14.6. The molecule has 0 saturated heterocycles. The molecule has 1 aliphatic rings. The average molecular weight is 943 g/mol. The van der Waals surface area contributed by atoms with E-state index in [1.54, 1.807) is 0 Å². The molecule has 9 rings (SSSR count). The monoisotopic (exact) mass is 943 g/mol. The predicted octanol–water partition coefficient (Wildman–Crippen LogP) is 18.7. The van der Waals surface area contributed by atoms with Crippen LogP contribution in [-0.4, -0.2) is 16.2 Å². The van der Waals surface area contributed by atoms with Crippen molar-refractivity contribution >= 4 is 44.6 Å². The molecule has 6 aromatic carbocycles. The molecule has 0 atom stereocenters. The van der Waals surface area contributed by atoms with Crippen LogP contribution in [0.4, 0.5) is 22.7 Å². The maximum atomic E-state index is 6.92. The van der Waals surface area contributed by atoms with Crippen molar-refractivity contribution in [3.63, 3.8) is 0 Å². The Morgan fingerprint density at radius 3 is 1.58 bits per heavy atom. The molecule has 71 heavy (non-hydrogen) atoms. The SMILES string of the molecule is CC(C)(C)c1cc(N2CN(c3cccc(Oc4ccc5c6ccccc6n(-c6cc(C(C)(C)C)ccn6)c5c4)c3)c3cc(-c4c(C(C)(C)C)cc(C(C)(C)C)cc4C(C)(C)C)ccc32)cc(C(C)(C)C)c1. The Bertz CT molecular complexity index is 3260. The molecular weight excluding hydrogens is 865 g/mol. The molecule has 0 bridgehead atoms. The van der Waals surface area contributed by atoms with E-state index in [4.69, 9.17) is 9.72 Å². The van der Waals surface area contributed by atoms with Gasteiger partial charge in [-0.3, -0.25) is 4.57 Å². The molecule has 8 aromatic rings. The molecule has 0 N–H and O–H groups in total. The van der Waals surface area contributed by atoms with Crippen molar-refractivity contribution in [1.82, 2.24) is 9.55 Å². The first-order valence-electron chi connectivity index (χ1n) is 25.8. The van der Waals surface area contributed by atoms with Gasteiger partial charge in [0.2, 0.25) is 0 Å². The largest absolute Gasteiger partial charge is 0.457 e. The van der Waals surface area contributed by atoms with Gasteiger partial charge in [0, 0.05) is 40.5 Å². The maximum absolute atomic E-state index is 6.92. The second-order valence-electron chi connectivity index (χ2n) is 26.4. The summed E-state index contributed by atoms with van der Waals surface area (Å²) in [7, 11) is 0. The van der Waals surface area contributed by atoms with Crippen LogP contribution in [0, 0.1) is 0 Å². The van der Waals surface area contributed by atoms with Crippen molar-refractivity contribution < 1.29 is 4.74 Å². The van der Waals surface area contributed by atoms with E-state index >= 15 is 0 Å². The summed E-state index contributed by atoms with van der Waals surface area (Å²) in [6, 6.07) is 47.5. The van der Waals surface area contributed by atoms with Gasteiger partial charge in [-0.25, -0.2) is 4.98 Å². The summed E-state index contributed by atoms with van der Waals surface area (Å²) in [4.78, 5) is 9.93. The standard InChI is InChI=1S/C66H78N4O/c1-61(2,3)43-30-31-67-59(38-43)70-55-25-20-19-24-51(55)52-28-27-50(40-57(52)70)71-49-23-21-22-47(39-49)68-41-69(48-34-44(62(4,5)6)33-45(35-48)63(7,8)9)56-29-26-42(32-58(56)68)60-53(65(13,14)15)36-46(64(10,11)12)37-54(60)66(16,17)18/h19-40H,41H2,1-18H3. The van der Waals surface area contributed by atoms with Gasteiger partial charge < -0.3 is 14.5 Å². The summed E-state index contributed by atoms with van der Waals surface area (Å²) in [5, 5.41) is 2.35. The van der Waals surface area contributed by atoms with Crippen LogP contribution in [0.1, 0.15) is 158 Å². The second kappa shape index (κ2) is 17.2. The molecule has 1 aliphatic heterocycles. The molecule has 0 radical (unpaired) electrons. The van der Waals surface area contributed by atoms with Gasteiger partial charge >= 0.3 is 0 Å². The summed E-state index contributed by atoms with van der Waals surface area (Å²) in [5.41, 5.74) is 17.2. The van der Waals surface area contributed by atoms with E-state index < -0.39 is 0 Å². The molecule has 5 nitrogen and oxygen atoms in total. The zero-order valence-corrected chi connectivity index (χ0v) is 46.1. The number of aromatic nitrogens is 2. The predicted molar refractivity (Wildman–Crippen MR) is 305 cm³/mol. The van der Waals surface area contributed by atoms with Crippen molar-refractivity contribution in [3.8, 4) is 28.4 Å². The van der Waals surface area contributed by atoms with Crippen molar-refractivity contribution in [2.45, 2.75) is 157 Å². The molecule has 0 saturated carbocycles. The van der Waals surface area contributed by atoms with E-state index in [0.29, 0.717) is 6.67 Å². The molecule has 0 fully saturated rings. The lowest BCUT2D eigenvalue weighted by Crippen LogP contribution is -2.25. The first-order chi connectivity index (χ1) is 33.0. The maximum Gasteiger partial charge on any atom is 0.137 e. The van der Waals surface area contributed by atoms with Crippen LogP contribution in [-0.2, 0) is 32.5 Å². The Hall–Kier alpha value is -6.33. The van der Waals surface area contributed by atoms with Gasteiger partial charge in [0.25, 0.3) is 0 Å². The Morgan fingerprint density at radius 2 is 0.972 bits per heavy atom. The Morgan fingerprint density at radius 1 is 0.408 bits per heavy atom. The number of hydrogen-bond donors (Lipinski definition) is 0. The van der Waals surface area contributed by atoms with Crippen molar-refractivity contribution in [3.05, 3.63) is 167 Å². The normalized spacial score (nSPS) is 13.9. The molecule has 5 heteroatoms. The summed E-state index contributed by atoms with van der Waals surface area (Å²) < 4.78 is 9.20. The highest BCUT2D eigenvalue weighted by atomic mass is 16.5. The lowest BCUT2D eigenvalue weighted by molar-refractivity contribution is 0.483. The Labute approximate surface area is 425 Å². The topological polar surface area (TPSA) is 33.5 Å². The smallest absolute Gasteiger partial charge is 0.137 e. The van der Waals surface area contributed by atoms with Crippen LogP contribution in [0.3, 0.4) is 0 Å². The fraction of sp³-hybridized carbons (Fsp3) is 0.379. The highest BCUT2D eigenvalue weighted by Crippen LogP contribution is 2.51. The number of hydrogen-bond acceptors (Lipinski definition) is 4. The van der Waals surface area contributed by atoms with Gasteiger partial charge in [0.05, 0.1) is 22.4 Å². The van der Waals surface area contributed by atoms with E-state index in [0.717, 1.165) is 39.4 Å². The first kappa shape index (κ1) is 49.6. The van der Waals surface area contributed by atoms with Crippen molar-refractivity contribution in [1.29, 1.82) is 0 Å². The highest BCUT2D eigenvalue weighted by Gasteiger charge is 2.34. The third-order valence-corrected chi connectivity index (χ3v) is 14.6. The van der Waals surface area contributed by atoms with Gasteiger partial charge in [-0.05, 0) is 144 Å². The molecular formula is C66H78N4O. The number of benzene rings is 6. The molecule has 0 spiro atoms. The lowest BCUT2D eigenvalue weighted by Gasteiger charge is -2.34. The average Bonchev–Trinajstić information content (AvgIpc) is 3.82. The van der Waals surface area contributed by atoms with E-state index in [2.05, 4.69) is 266 Å². The summed E-state index contributed by atoms with van der Waals surface area (Å²) in [6.45, 7) is 42.5. The Balaban J connectivity index is 1.20. The molecule has 368 valence electrons. The van der Waals surface area contributed by atoms with Gasteiger partial charge in [-0.2, -0.15) is 0 Å². The minimum atomic E-state index is -0.0892. The molecule has 2 aromatic heterocycles. The number of ether oxygens (including phenoxy) is 1. The molecule has 0 unspecified atom stereocenters. The third kappa shape index (κ3) is 9.62. The van der Waals surface area contributed by atoms with Gasteiger partial charge in [-0.15, -0.1) is 0 Å². The molecule has 0 amide bonds. The van der Waals surface area contributed by atoms with Crippen molar-refractivity contribution in [2.75, 3.05) is 16.5 Å². The van der Waals surface area contributed by atoms with Crippen LogP contribution in [0.15, 0.2) is 134 Å². The number of anilines is 4. The van der Waals surface area contributed by atoms with E-state index in [-0.39, 0.29) is 32.5 Å². The van der Waals surface area contributed by atoms with Crippen molar-refractivity contribution in [2.24, 2.45) is 0 Å². The summed E-state index contributed by atoms with van der Waals surface area (Å²) >= 11 is 0. The van der Waals surface area contributed by atoms with Gasteiger partial charge in [-0.1, -0.05) is 173 Å². The summed E-state index contributed by atoms with van der Waals surface area (Å²) in [6.07, 6.45) is 1.93. The zero-order valence-electron chi connectivity index (χ0n) is 46.1. The minimum absolute atomic E-state index is 0.00772. The van der Waals surface area contributed by atoms with E-state index in [1.807, 2.05) is 6.20 Å². The summed E-state index contributed by atoms with van der Waals surface area (Å²) in [5.74, 6) is 2.45. The van der Waals surface area contributed by atoms with Gasteiger partial charge in [0.15, 0.2) is 0 Å². The van der Waals surface area contributed by atoms with Crippen LogP contribution in [0.2, 0.25) is 0 Å². The van der Waals surface area contributed by atoms with E-state index in [1.165, 1.54) is 67.0 Å². The fourth-order valence-corrected chi connectivity index (χ4v) is 10.2. The van der Waals surface area contributed by atoms with Crippen LogP contribution in [0.25, 0.3) is 38.8 Å². The lowest BCUT2D eigenvalue weighted by atomic mass is 9.71. The minimum Gasteiger partial charge on any atom is -0.457 e. The van der Waals surface area contributed by atoms with Crippen LogP contribution < -0.4 is 14.5 Å². The number of rotatable bonds is 6. The number of para-hydroxylation sites is 1. The van der Waals surface area contributed by atoms with Crippen LogP contribution >= 0.6 is 0 Å². The Kier molecular flexibility index (Phi) is 12.0. The van der Waals surface area contributed by atoms with E-state index in [9.17, 15) is 0 Å². The number of pyridine rings is 1. The number of fused-ring (bicyclic) bond motifs is 4. The highest BCUT2D eigenvalue weighted by molar-refractivity contribution is 6.09. The van der Waals surface area contributed by atoms with Gasteiger partial charge in [0.1, 0.15) is 24.0 Å².